The van der Waals surface area contributed by atoms with Gasteiger partial charge in [0.1, 0.15) is 11.9 Å². The zero-order valence-electron chi connectivity index (χ0n) is 17.4. The van der Waals surface area contributed by atoms with Gasteiger partial charge in [0.2, 0.25) is 0 Å². The van der Waals surface area contributed by atoms with E-state index in [0.717, 1.165) is 17.0 Å². The molecule has 186 valence electrons. The SMILES string of the molecule is Cc1ccc(OC(F)(F)F)cc1CN1C(=O)OC(c2cc(C(F)(F)F)cc(C(F)(F)F)c2)C1C. The van der Waals surface area contributed by atoms with Crippen molar-refractivity contribution in [3.05, 3.63) is 64.2 Å². The lowest BCUT2D eigenvalue weighted by Crippen LogP contribution is -2.31. The van der Waals surface area contributed by atoms with E-state index in [4.69, 9.17) is 4.74 Å². The van der Waals surface area contributed by atoms with Crippen LogP contribution in [0.1, 0.15) is 40.8 Å². The molecule has 2 atom stereocenters. The Morgan fingerprint density at radius 1 is 0.912 bits per heavy atom. The minimum Gasteiger partial charge on any atom is -0.439 e. The molecule has 2 aromatic carbocycles. The summed E-state index contributed by atoms with van der Waals surface area (Å²) in [6.45, 7) is 2.57. The minimum atomic E-state index is -5.09. The third-order valence-corrected chi connectivity index (χ3v) is 5.23. The van der Waals surface area contributed by atoms with Gasteiger partial charge in [0, 0.05) is 6.54 Å². The summed E-state index contributed by atoms with van der Waals surface area (Å²) in [5.74, 6) is -0.558. The van der Waals surface area contributed by atoms with Gasteiger partial charge >= 0.3 is 24.8 Å². The third kappa shape index (κ3) is 5.68. The molecule has 0 radical (unpaired) electrons. The first kappa shape index (κ1) is 25.5. The van der Waals surface area contributed by atoms with Gasteiger partial charge in [0.15, 0.2) is 0 Å². The number of aryl methyl sites for hydroxylation is 1. The predicted octanol–water partition coefficient (Wildman–Crippen LogP) is 7.01. The summed E-state index contributed by atoms with van der Waals surface area (Å²) in [7, 11) is 0. The van der Waals surface area contributed by atoms with Crippen LogP contribution in [0.4, 0.5) is 44.3 Å². The second-order valence-corrected chi connectivity index (χ2v) is 7.65. The number of carbonyl (C=O) groups is 1. The summed E-state index contributed by atoms with van der Waals surface area (Å²) >= 11 is 0. The average molecular weight is 501 g/mol. The van der Waals surface area contributed by atoms with Crippen LogP contribution in [0.25, 0.3) is 0 Å². The molecule has 0 aromatic heterocycles. The van der Waals surface area contributed by atoms with Gasteiger partial charge in [-0.2, -0.15) is 26.3 Å². The lowest BCUT2D eigenvalue weighted by Gasteiger charge is -2.23. The van der Waals surface area contributed by atoms with Gasteiger partial charge in [-0.1, -0.05) is 6.07 Å². The molecule has 13 heteroatoms. The summed E-state index contributed by atoms with van der Waals surface area (Å²) < 4.78 is 126. The van der Waals surface area contributed by atoms with Crippen LogP contribution in [-0.2, 0) is 23.6 Å². The number of amides is 1. The lowest BCUT2D eigenvalue weighted by atomic mass is 9.97. The molecule has 1 fully saturated rings. The monoisotopic (exact) mass is 501 g/mol. The molecular formula is C21H16F9NO3. The lowest BCUT2D eigenvalue weighted by molar-refractivity contribution is -0.274. The minimum absolute atomic E-state index is 0.0434. The van der Waals surface area contributed by atoms with Gasteiger partial charge in [0.05, 0.1) is 17.2 Å². The highest BCUT2D eigenvalue weighted by Crippen LogP contribution is 2.41. The van der Waals surface area contributed by atoms with E-state index in [9.17, 15) is 44.3 Å². The first-order chi connectivity index (χ1) is 15.5. The normalized spacial score (nSPS) is 19.4. The predicted molar refractivity (Wildman–Crippen MR) is 98.5 cm³/mol. The Morgan fingerprint density at radius 2 is 1.47 bits per heavy atom. The van der Waals surface area contributed by atoms with E-state index in [1.54, 1.807) is 6.92 Å². The molecule has 1 heterocycles. The quantitative estimate of drug-likeness (QED) is 0.423. The van der Waals surface area contributed by atoms with E-state index < -0.39 is 59.4 Å². The summed E-state index contributed by atoms with van der Waals surface area (Å²) in [4.78, 5) is 13.4. The smallest absolute Gasteiger partial charge is 0.439 e. The highest BCUT2D eigenvalue weighted by Gasteiger charge is 2.43. The molecule has 4 nitrogen and oxygen atoms in total. The van der Waals surface area contributed by atoms with E-state index in [1.165, 1.54) is 13.0 Å². The largest absolute Gasteiger partial charge is 0.573 e. The third-order valence-electron chi connectivity index (χ3n) is 5.23. The van der Waals surface area contributed by atoms with Crippen molar-refractivity contribution in [1.29, 1.82) is 0 Å². The van der Waals surface area contributed by atoms with Crippen LogP contribution in [0, 0.1) is 6.92 Å². The molecule has 0 N–H and O–H groups in total. The number of hydrogen-bond acceptors (Lipinski definition) is 3. The van der Waals surface area contributed by atoms with E-state index in [-0.39, 0.29) is 18.2 Å². The molecule has 2 aromatic rings. The zero-order valence-corrected chi connectivity index (χ0v) is 17.4. The standard InChI is InChI=1S/C21H16F9NO3/c1-10-3-4-16(34-21(28,29)30)7-13(10)9-31-11(2)17(33-18(31)32)12-5-14(19(22,23)24)8-15(6-12)20(25,26)27/h3-8,11,17H,9H2,1-2H3. The summed E-state index contributed by atoms with van der Waals surface area (Å²) in [6.07, 6.45) is -17.7. The number of benzene rings is 2. The Hall–Kier alpha value is -3.12. The molecule has 0 saturated carbocycles. The highest BCUT2D eigenvalue weighted by molar-refractivity contribution is 5.71. The topological polar surface area (TPSA) is 38.8 Å². The number of halogens is 9. The van der Waals surface area contributed by atoms with Crippen LogP contribution in [0.3, 0.4) is 0 Å². The summed E-state index contributed by atoms with van der Waals surface area (Å²) in [5.41, 5.74) is -2.96. The van der Waals surface area contributed by atoms with Crippen molar-refractivity contribution in [1.82, 2.24) is 4.90 Å². The van der Waals surface area contributed by atoms with Crippen molar-refractivity contribution in [3.8, 4) is 5.75 Å². The molecule has 34 heavy (non-hydrogen) atoms. The molecule has 0 spiro atoms. The van der Waals surface area contributed by atoms with Gasteiger partial charge in [-0.15, -0.1) is 13.2 Å². The van der Waals surface area contributed by atoms with Crippen molar-refractivity contribution in [3.63, 3.8) is 0 Å². The highest BCUT2D eigenvalue weighted by atomic mass is 19.4. The van der Waals surface area contributed by atoms with Gasteiger partial charge in [0.25, 0.3) is 0 Å². The number of rotatable bonds is 4. The number of ether oxygens (including phenoxy) is 2. The second kappa shape index (κ2) is 8.58. The average Bonchev–Trinajstić information content (AvgIpc) is 2.96. The van der Waals surface area contributed by atoms with Crippen molar-refractivity contribution in [2.24, 2.45) is 0 Å². The van der Waals surface area contributed by atoms with Gasteiger partial charge in [-0.05, 0) is 60.9 Å². The van der Waals surface area contributed by atoms with Crippen molar-refractivity contribution < 1.29 is 53.8 Å². The maximum Gasteiger partial charge on any atom is 0.573 e. The molecular weight excluding hydrogens is 485 g/mol. The molecule has 1 aliphatic rings. The molecule has 1 saturated heterocycles. The van der Waals surface area contributed by atoms with Crippen LogP contribution >= 0.6 is 0 Å². The van der Waals surface area contributed by atoms with Crippen molar-refractivity contribution in [2.45, 2.75) is 51.3 Å². The Balaban J connectivity index is 1.93. The van der Waals surface area contributed by atoms with Gasteiger partial charge < -0.3 is 9.47 Å². The molecule has 0 bridgehead atoms. The molecule has 2 unspecified atom stereocenters. The van der Waals surface area contributed by atoms with Crippen LogP contribution in [-0.4, -0.2) is 23.4 Å². The van der Waals surface area contributed by atoms with Crippen LogP contribution < -0.4 is 4.74 Å². The maximum atomic E-state index is 13.2. The summed E-state index contributed by atoms with van der Waals surface area (Å²) in [6, 6.07) is 3.25. The van der Waals surface area contributed by atoms with E-state index in [2.05, 4.69) is 4.74 Å². The second-order valence-electron chi connectivity index (χ2n) is 7.65. The fourth-order valence-electron chi connectivity index (χ4n) is 3.50. The fourth-order valence-corrected chi connectivity index (χ4v) is 3.50. The maximum absolute atomic E-state index is 13.2. The van der Waals surface area contributed by atoms with Crippen molar-refractivity contribution >= 4 is 6.09 Å². The Bertz CT molecular complexity index is 1040. The van der Waals surface area contributed by atoms with Crippen LogP contribution in [0.5, 0.6) is 5.75 Å². The zero-order chi connectivity index (χ0) is 25.6. The molecule has 1 aliphatic heterocycles. The molecule has 1 amide bonds. The Labute approximate surface area is 186 Å². The first-order valence-electron chi connectivity index (χ1n) is 9.57. The van der Waals surface area contributed by atoms with Crippen molar-refractivity contribution in [2.75, 3.05) is 0 Å². The van der Waals surface area contributed by atoms with E-state index in [1.807, 2.05) is 0 Å². The van der Waals surface area contributed by atoms with Gasteiger partial charge in [-0.3, -0.25) is 4.90 Å². The number of cyclic esters (lactones) is 1. The number of alkyl halides is 9. The number of hydrogen-bond donors (Lipinski definition) is 0. The van der Waals surface area contributed by atoms with Crippen LogP contribution in [0.15, 0.2) is 36.4 Å². The number of nitrogens with zero attached hydrogens (tertiary/aromatic N) is 1. The summed E-state index contributed by atoms with van der Waals surface area (Å²) in [5, 5.41) is 0. The molecule has 3 rings (SSSR count). The van der Waals surface area contributed by atoms with Gasteiger partial charge in [-0.25, -0.2) is 4.79 Å². The Kier molecular flexibility index (Phi) is 6.44. The Morgan fingerprint density at radius 3 is 1.97 bits per heavy atom. The molecule has 0 aliphatic carbocycles. The van der Waals surface area contributed by atoms with E-state index >= 15 is 0 Å². The first-order valence-corrected chi connectivity index (χ1v) is 9.57. The number of carbonyl (C=O) groups excluding carboxylic acids is 1. The fraction of sp³-hybridized carbons (Fsp3) is 0.381. The van der Waals surface area contributed by atoms with Crippen LogP contribution in [0.2, 0.25) is 0 Å². The van der Waals surface area contributed by atoms with E-state index in [0.29, 0.717) is 17.7 Å².